The molecule has 0 fully saturated rings. The molecule has 0 bridgehead atoms. The molecule has 0 saturated heterocycles. The van der Waals surface area contributed by atoms with Crippen molar-refractivity contribution in [2.75, 3.05) is 4.90 Å². The van der Waals surface area contributed by atoms with Gasteiger partial charge in [0.05, 0.1) is 28.1 Å². The number of rotatable bonds is 6. The maximum absolute atomic E-state index is 6.48. The van der Waals surface area contributed by atoms with Crippen LogP contribution in [0.25, 0.3) is 104 Å². The minimum atomic E-state index is 0.881. The molecule has 294 valence electrons. The quantitative estimate of drug-likeness (QED) is 0.156. The third kappa shape index (κ3) is 5.60. The topological polar surface area (TPSA) is 21.3 Å². The molecule has 0 unspecified atom stereocenters. The van der Waals surface area contributed by atoms with Crippen LogP contribution in [-0.2, 0) is 0 Å². The van der Waals surface area contributed by atoms with Crippen LogP contribution in [0.1, 0.15) is 0 Å². The summed E-state index contributed by atoms with van der Waals surface area (Å²) in [5.74, 6) is 0. The molecular formula is C60H38N2O. The van der Waals surface area contributed by atoms with E-state index < -0.39 is 0 Å². The van der Waals surface area contributed by atoms with Crippen LogP contribution in [-0.4, -0.2) is 4.57 Å². The molecule has 3 heteroatoms. The first-order valence-electron chi connectivity index (χ1n) is 21.6. The highest BCUT2D eigenvalue weighted by Gasteiger charge is 2.23. The van der Waals surface area contributed by atoms with Crippen LogP contribution in [0, 0.1) is 0 Å². The molecule has 3 nitrogen and oxygen atoms in total. The lowest BCUT2D eigenvalue weighted by Crippen LogP contribution is -2.14. The van der Waals surface area contributed by atoms with Crippen LogP contribution in [0.15, 0.2) is 235 Å². The van der Waals surface area contributed by atoms with Crippen molar-refractivity contribution < 1.29 is 4.42 Å². The molecule has 63 heavy (non-hydrogen) atoms. The van der Waals surface area contributed by atoms with E-state index in [2.05, 4.69) is 240 Å². The van der Waals surface area contributed by atoms with E-state index in [1.54, 1.807) is 0 Å². The maximum atomic E-state index is 6.48. The maximum Gasteiger partial charge on any atom is 0.136 e. The summed E-state index contributed by atoms with van der Waals surface area (Å²) in [7, 11) is 0. The molecule has 13 rings (SSSR count). The monoisotopic (exact) mass is 802 g/mol. The second-order valence-electron chi connectivity index (χ2n) is 16.5. The SMILES string of the molecule is c1ccc(N(c2ccc(-c3cc4ccccc4c4ccccc34)cc2)c2ccccc2-n2c3ccccc3c3ccccc32)c(-c2ccc3oc4cc5ccccc5cc4c3c2)c1. The minimum Gasteiger partial charge on any atom is -0.456 e. The number of furan rings is 1. The fraction of sp³-hybridized carbons (Fsp3) is 0. The molecule has 0 aliphatic heterocycles. The summed E-state index contributed by atoms with van der Waals surface area (Å²) in [5, 5.41) is 12.1. The average molecular weight is 803 g/mol. The van der Waals surface area contributed by atoms with Crippen LogP contribution in [0.3, 0.4) is 0 Å². The van der Waals surface area contributed by atoms with Crippen LogP contribution in [0.2, 0.25) is 0 Å². The summed E-state index contributed by atoms with van der Waals surface area (Å²) < 4.78 is 8.91. The summed E-state index contributed by atoms with van der Waals surface area (Å²) in [6.07, 6.45) is 0. The van der Waals surface area contributed by atoms with Gasteiger partial charge in [-0.05, 0) is 122 Å². The lowest BCUT2D eigenvalue weighted by molar-refractivity contribution is 0.669. The van der Waals surface area contributed by atoms with E-state index in [1.165, 1.54) is 65.3 Å². The highest BCUT2D eigenvalue weighted by atomic mass is 16.3. The number of anilines is 3. The Balaban J connectivity index is 1.04. The molecule has 0 amide bonds. The second-order valence-corrected chi connectivity index (χ2v) is 16.5. The van der Waals surface area contributed by atoms with Crippen LogP contribution >= 0.6 is 0 Å². The standard InChI is InChI=1S/C60H38N2O/c1-2-16-41-38-60-53(35-40(41)15-1)52-37-43(31-34-59(52)63-60)46-19-7-10-24-54(46)61(57-27-13-14-28-58(57)62-55-25-11-8-22-49(55)50-23-9-12-26-56(50)62)44-32-29-39(30-33-44)51-36-42-17-3-4-18-45(42)47-20-5-6-21-48(47)51/h1-38H. The average Bonchev–Trinajstić information content (AvgIpc) is 3.88. The van der Waals surface area contributed by atoms with Crippen LogP contribution in [0.5, 0.6) is 0 Å². The predicted molar refractivity (Wildman–Crippen MR) is 266 cm³/mol. The number of para-hydroxylation sites is 5. The normalized spacial score (nSPS) is 11.8. The van der Waals surface area contributed by atoms with Gasteiger partial charge in [0.1, 0.15) is 11.2 Å². The second kappa shape index (κ2) is 14.1. The van der Waals surface area contributed by atoms with Gasteiger partial charge in [-0.25, -0.2) is 0 Å². The molecule has 0 radical (unpaired) electrons. The lowest BCUT2D eigenvalue weighted by Gasteiger charge is -2.30. The number of nitrogens with zero attached hydrogens (tertiary/aromatic N) is 2. The molecule has 0 aliphatic carbocycles. The number of hydrogen-bond donors (Lipinski definition) is 0. The molecule has 13 aromatic rings. The first-order chi connectivity index (χ1) is 31.2. The van der Waals surface area contributed by atoms with Gasteiger partial charge in [-0.15, -0.1) is 0 Å². The summed E-state index contributed by atoms with van der Waals surface area (Å²) in [4.78, 5) is 2.45. The highest BCUT2D eigenvalue weighted by Crippen LogP contribution is 2.46. The van der Waals surface area contributed by atoms with Gasteiger partial charge in [0, 0.05) is 32.8 Å². The Bertz CT molecular complexity index is 3870. The molecule has 0 atom stereocenters. The first-order valence-corrected chi connectivity index (χ1v) is 21.6. The summed E-state index contributed by atoms with van der Waals surface area (Å²) in [6.45, 7) is 0. The Morgan fingerprint density at radius 2 is 0.873 bits per heavy atom. The molecule has 0 saturated carbocycles. The molecule has 2 aromatic heterocycles. The predicted octanol–water partition coefficient (Wildman–Crippen LogP) is 16.9. The van der Waals surface area contributed by atoms with E-state index in [0.29, 0.717) is 0 Å². The van der Waals surface area contributed by atoms with Gasteiger partial charge < -0.3 is 13.9 Å². The van der Waals surface area contributed by atoms with Crippen molar-refractivity contribution >= 4 is 93.1 Å². The van der Waals surface area contributed by atoms with Gasteiger partial charge in [0.15, 0.2) is 0 Å². The van der Waals surface area contributed by atoms with Crippen LogP contribution < -0.4 is 4.90 Å². The van der Waals surface area contributed by atoms with E-state index in [4.69, 9.17) is 4.42 Å². The van der Waals surface area contributed by atoms with Gasteiger partial charge >= 0.3 is 0 Å². The Morgan fingerprint density at radius 1 is 0.317 bits per heavy atom. The molecule has 0 spiro atoms. The van der Waals surface area contributed by atoms with Crippen molar-refractivity contribution in [3.63, 3.8) is 0 Å². The number of fused-ring (bicyclic) bond motifs is 10. The van der Waals surface area contributed by atoms with Gasteiger partial charge in [-0.2, -0.15) is 0 Å². The van der Waals surface area contributed by atoms with Crippen LogP contribution in [0.4, 0.5) is 17.1 Å². The molecule has 0 N–H and O–H groups in total. The van der Waals surface area contributed by atoms with E-state index in [-0.39, 0.29) is 0 Å². The Morgan fingerprint density at radius 3 is 1.63 bits per heavy atom. The summed E-state index contributed by atoms with van der Waals surface area (Å²) in [6, 6.07) is 83.7. The van der Waals surface area contributed by atoms with E-state index in [1.807, 2.05) is 0 Å². The summed E-state index contributed by atoms with van der Waals surface area (Å²) >= 11 is 0. The van der Waals surface area contributed by atoms with Crippen molar-refractivity contribution in [2.45, 2.75) is 0 Å². The zero-order valence-corrected chi connectivity index (χ0v) is 34.2. The lowest BCUT2D eigenvalue weighted by atomic mass is 9.93. The third-order valence-corrected chi connectivity index (χ3v) is 12.9. The fourth-order valence-electron chi connectivity index (χ4n) is 10.1. The van der Waals surface area contributed by atoms with Crippen molar-refractivity contribution in [3.05, 3.63) is 231 Å². The molecular weight excluding hydrogens is 765 g/mol. The fourth-order valence-corrected chi connectivity index (χ4v) is 10.1. The smallest absolute Gasteiger partial charge is 0.136 e. The van der Waals surface area contributed by atoms with Crippen molar-refractivity contribution in [1.82, 2.24) is 4.57 Å². The zero-order valence-electron chi connectivity index (χ0n) is 34.2. The van der Waals surface area contributed by atoms with E-state index >= 15 is 0 Å². The Hall–Kier alpha value is -8.40. The molecule has 11 aromatic carbocycles. The van der Waals surface area contributed by atoms with E-state index in [0.717, 1.165) is 55.8 Å². The Labute approximate surface area is 363 Å². The van der Waals surface area contributed by atoms with Crippen molar-refractivity contribution in [3.8, 4) is 27.9 Å². The number of benzene rings is 11. The minimum absolute atomic E-state index is 0.881. The van der Waals surface area contributed by atoms with Gasteiger partial charge in [0.2, 0.25) is 0 Å². The number of hydrogen-bond acceptors (Lipinski definition) is 2. The first kappa shape index (κ1) is 35.4. The van der Waals surface area contributed by atoms with Crippen molar-refractivity contribution in [2.24, 2.45) is 0 Å². The Kier molecular flexibility index (Phi) is 7.91. The highest BCUT2D eigenvalue weighted by molar-refractivity contribution is 6.15. The van der Waals surface area contributed by atoms with Gasteiger partial charge in [-0.1, -0.05) is 158 Å². The largest absolute Gasteiger partial charge is 0.456 e. The number of aromatic nitrogens is 1. The third-order valence-electron chi connectivity index (χ3n) is 12.9. The molecule has 0 aliphatic rings. The van der Waals surface area contributed by atoms with Gasteiger partial charge in [-0.3, -0.25) is 0 Å². The van der Waals surface area contributed by atoms with E-state index in [9.17, 15) is 0 Å². The van der Waals surface area contributed by atoms with Crippen molar-refractivity contribution in [1.29, 1.82) is 0 Å². The molecule has 2 heterocycles. The zero-order chi connectivity index (χ0) is 41.4. The van der Waals surface area contributed by atoms with Gasteiger partial charge in [0.25, 0.3) is 0 Å². The summed E-state index contributed by atoms with van der Waals surface area (Å²) in [5.41, 5.74) is 13.1.